The molecule has 0 amide bonds. The zero-order valence-corrected chi connectivity index (χ0v) is 9.44. The fourth-order valence-electron chi connectivity index (χ4n) is 1.35. The highest BCUT2D eigenvalue weighted by atomic mass is 19.4. The third-order valence-corrected chi connectivity index (χ3v) is 2.22. The van der Waals surface area contributed by atoms with Crippen molar-refractivity contribution >= 4 is 11.4 Å². The van der Waals surface area contributed by atoms with Crippen molar-refractivity contribution < 1.29 is 18.1 Å². The summed E-state index contributed by atoms with van der Waals surface area (Å²) in [6, 6.07) is 0.647. The lowest BCUT2D eigenvalue weighted by Gasteiger charge is -2.19. The van der Waals surface area contributed by atoms with Gasteiger partial charge in [-0.05, 0) is 6.07 Å². The molecule has 0 unspecified atom stereocenters. The van der Waals surface area contributed by atoms with Crippen LogP contribution in [0.4, 0.5) is 24.5 Å². The second-order valence-corrected chi connectivity index (χ2v) is 3.52. The van der Waals surface area contributed by atoms with E-state index in [4.69, 9.17) is 5.73 Å². The molecule has 0 fully saturated rings. The molecule has 0 radical (unpaired) electrons. The second kappa shape index (κ2) is 5.17. The Morgan fingerprint density at radius 1 is 1.56 bits per heavy atom. The maximum Gasteiger partial charge on any atom is 0.433 e. The first kappa shape index (κ1) is 14.2. The zero-order valence-electron chi connectivity index (χ0n) is 9.44. The highest BCUT2D eigenvalue weighted by Gasteiger charge is 2.34. The Morgan fingerprint density at radius 3 is 2.61 bits per heavy atom. The minimum Gasteiger partial charge on any atom is -0.368 e. The summed E-state index contributed by atoms with van der Waals surface area (Å²) >= 11 is 0. The van der Waals surface area contributed by atoms with Crippen LogP contribution in [0.5, 0.6) is 0 Å². The molecule has 0 spiro atoms. The van der Waals surface area contributed by atoms with Crippen LogP contribution in [0.15, 0.2) is 12.3 Å². The summed E-state index contributed by atoms with van der Waals surface area (Å²) in [7, 11) is 1.43. The number of likely N-dealkylation sites (N-methyl/N-ethyl adjacent to an activating group) is 1. The van der Waals surface area contributed by atoms with E-state index >= 15 is 0 Å². The molecule has 18 heavy (non-hydrogen) atoms. The van der Waals surface area contributed by atoms with Gasteiger partial charge < -0.3 is 10.6 Å². The summed E-state index contributed by atoms with van der Waals surface area (Å²) in [6.45, 7) is 0.361. The van der Waals surface area contributed by atoms with Gasteiger partial charge in [0.05, 0.1) is 4.92 Å². The molecule has 0 aliphatic carbocycles. The standard InChI is InChI=1S/C9H11F3N4O2/c1-15(3-2-13)6-4-8(9(10,11)12)14-5-7(6)16(17)18/h4-5H,2-3,13H2,1H3. The quantitative estimate of drug-likeness (QED) is 0.656. The largest absolute Gasteiger partial charge is 0.433 e. The van der Waals surface area contributed by atoms with Gasteiger partial charge in [0.1, 0.15) is 17.6 Å². The topological polar surface area (TPSA) is 85.3 Å². The van der Waals surface area contributed by atoms with Crippen LogP contribution < -0.4 is 10.6 Å². The highest BCUT2D eigenvalue weighted by molar-refractivity contribution is 5.62. The van der Waals surface area contributed by atoms with Crippen molar-refractivity contribution in [3.05, 3.63) is 28.1 Å². The van der Waals surface area contributed by atoms with Gasteiger partial charge in [0, 0.05) is 20.1 Å². The van der Waals surface area contributed by atoms with E-state index in [0.717, 1.165) is 0 Å². The van der Waals surface area contributed by atoms with Crippen molar-refractivity contribution in [1.82, 2.24) is 4.98 Å². The van der Waals surface area contributed by atoms with Gasteiger partial charge in [-0.2, -0.15) is 13.2 Å². The predicted octanol–water partition coefficient (Wildman–Crippen LogP) is 1.40. The summed E-state index contributed by atoms with van der Waals surface area (Å²) < 4.78 is 37.4. The van der Waals surface area contributed by atoms with Crippen molar-refractivity contribution in [3.63, 3.8) is 0 Å². The van der Waals surface area contributed by atoms with E-state index in [-0.39, 0.29) is 18.8 Å². The lowest BCUT2D eigenvalue weighted by molar-refractivity contribution is -0.384. The SMILES string of the molecule is CN(CCN)c1cc(C(F)(F)F)ncc1[N+](=O)[O-]. The number of anilines is 1. The second-order valence-electron chi connectivity index (χ2n) is 3.52. The Labute approximate surface area is 100 Å². The monoisotopic (exact) mass is 264 g/mol. The number of nitrogens with two attached hydrogens (primary N) is 1. The van der Waals surface area contributed by atoms with Crippen LogP contribution in [-0.4, -0.2) is 30.0 Å². The Hall–Kier alpha value is -1.90. The summed E-state index contributed by atoms with van der Waals surface area (Å²) in [5, 5.41) is 10.7. The molecule has 0 atom stereocenters. The van der Waals surface area contributed by atoms with E-state index in [1.54, 1.807) is 0 Å². The third kappa shape index (κ3) is 3.06. The molecular weight excluding hydrogens is 253 g/mol. The molecule has 0 bridgehead atoms. The van der Waals surface area contributed by atoms with E-state index < -0.39 is 22.5 Å². The summed E-state index contributed by atoms with van der Waals surface area (Å²) in [6.07, 6.45) is -4.04. The van der Waals surface area contributed by atoms with E-state index in [2.05, 4.69) is 4.98 Å². The number of aromatic nitrogens is 1. The van der Waals surface area contributed by atoms with Crippen LogP contribution in [0.1, 0.15) is 5.69 Å². The smallest absolute Gasteiger partial charge is 0.368 e. The summed E-state index contributed by atoms with van der Waals surface area (Å²) in [5.74, 6) is 0. The van der Waals surface area contributed by atoms with Crippen LogP contribution in [0.2, 0.25) is 0 Å². The molecule has 1 heterocycles. The number of nitro groups is 1. The molecule has 1 aromatic rings. The van der Waals surface area contributed by atoms with E-state index in [0.29, 0.717) is 12.3 Å². The highest BCUT2D eigenvalue weighted by Crippen LogP contribution is 2.34. The van der Waals surface area contributed by atoms with E-state index in [9.17, 15) is 23.3 Å². The average molecular weight is 264 g/mol. The van der Waals surface area contributed by atoms with Crippen molar-refractivity contribution in [3.8, 4) is 0 Å². The first-order valence-electron chi connectivity index (χ1n) is 4.90. The first-order valence-corrected chi connectivity index (χ1v) is 4.90. The molecule has 2 N–H and O–H groups in total. The number of pyridine rings is 1. The molecule has 9 heteroatoms. The number of alkyl halides is 3. The van der Waals surface area contributed by atoms with Gasteiger partial charge in [-0.25, -0.2) is 4.98 Å². The molecule has 0 saturated heterocycles. The fourth-order valence-corrected chi connectivity index (χ4v) is 1.35. The van der Waals surface area contributed by atoms with Crippen LogP contribution in [-0.2, 0) is 6.18 Å². The van der Waals surface area contributed by atoms with Crippen molar-refractivity contribution in [2.24, 2.45) is 5.73 Å². The van der Waals surface area contributed by atoms with Gasteiger partial charge in [0.2, 0.25) is 0 Å². The molecule has 1 rings (SSSR count). The number of nitrogens with zero attached hydrogens (tertiary/aromatic N) is 3. The number of rotatable bonds is 4. The predicted molar refractivity (Wildman–Crippen MR) is 58.2 cm³/mol. The van der Waals surface area contributed by atoms with Gasteiger partial charge in [0.25, 0.3) is 0 Å². The molecule has 0 aliphatic rings. The lowest BCUT2D eigenvalue weighted by atomic mass is 10.2. The van der Waals surface area contributed by atoms with E-state index in [1.807, 2.05) is 0 Å². The lowest BCUT2D eigenvalue weighted by Crippen LogP contribution is -2.26. The van der Waals surface area contributed by atoms with Gasteiger partial charge in [-0.3, -0.25) is 10.1 Å². The maximum atomic E-state index is 12.5. The Morgan fingerprint density at radius 2 is 2.17 bits per heavy atom. The molecule has 0 aromatic carbocycles. The van der Waals surface area contributed by atoms with Gasteiger partial charge in [0.15, 0.2) is 0 Å². The van der Waals surface area contributed by atoms with E-state index in [1.165, 1.54) is 11.9 Å². The van der Waals surface area contributed by atoms with Gasteiger partial charge in [-0.1, -0.05) is 0 Å². The fraction of sp³-hybridized carbons (Fsp3) is 0.444. The van der Waals surface area contributed by atoms with Crippen molar-refractivity contribution in [2.75, 3.05) is 25.0 Å². The molecule has 100 valence electrons. The van der Waals surface area contributed by atoms with Crippen molar-refractivity contribution in [1.29, 1.82) is 0 Å². The van der Waals surface area contributed by atoms with Crippen LogP contribution in [0, 0.1) is 10.1 Å². The normalized spacial score (nSPS) is 11.4. The third-order valence-electron chi connectivity index (χ3n) is 2.22. The number of hydrogen-bond acceptors (Lipinski definition) is 5. The molecule has 1 aromatic heterocycles. The summed E-state index contributed by atoms with van der Waals surface area (Å²) in [5.41, 5.74) is 3.45. The number of halogens is 3. The zero-order chi connectivity index (χ0) is 13.9. The minimum atomic E-state index is -4.65. The van der Waals surface area contributed by atoms with Crippen LogP contribution >= 0.6 is 0 Å². The summed E-state index contributed by atoms with van der Waals surface area (Å²) in [4.78, 5) is 14.3. The van der Waals surface area contributed by atoms with Gasteiger partial charge in [-0.15, -0.1) is 0 Å². The molecule has 0 saturated carbocycles. The van der Waals surface area contributed by atoms with Crippen LogP contribution in [0.25, 0.3) is 0 Å². The van der Waals surface area contributed by atoms with Crippen LogP contribution in [0.3, 0.4) is 0 Å². The van der Waals surface area contributed by atoms with Gasteiger partial charge >= 0.3 is 11.9 Å². The Kier molecular flexibility index (Phi) is 4.07. The molecule has 0 aliphatic heterocycles. The Bertz CT molecular complexity index is 450. The first-order chi connectivity index (χ1) is 8.27. The number of hydrogen-bond donors (Lipinski definition) is 1. The Balaban J connectivity index is 3.28. The maximum absolute atomic E-state index is 12.5. The molecule has 6 nitrogen and oxygen atoms in total. The average Bonchev–Trinajstić information content (AvgIpc) is 2.27. The van der Waals surface area contributed by atoms with Crippen molar-refractivity contribution in [2.45, 2.75) is 6.18 Å². The molecular formula is C9H11F3N4O2. The minimum absolute atomic E-state index is 0.159.